The summed E-state index contributed by atoms with van der Waals surface area (Å²) in [6.07, 6.45) is 1.56. The third-order valence-electron chi connectivity index (χ3n) is 1.19. The summed E-state index contributed by atoms with van der Waals surface area (Å²) in [4.78, 5) is -0.388. The summed E-state index contributed by atoms with van der Waals surface area (Å²) in [6.45, 7) is 6.20. The lowest BCUT2D eigenvalue weighted by Gasteiger charge is -1.95. The van der Waals surface area contributed by atoms with Crippen molar-refractivity contribution in [3.05, 3.63) is 35.5 Å². The van der Waals surface area contributed by atoms with Crippen LogP contribution in [0.25, 0.3) is 0 Å². The van der Waals surface area contributed by atoms with E-state index < -0.39 is 21.2 Å². The highest BCUT2D eigenvalue weighted by molar-refractivity contribution is 7.94. The van der Waals surface area contributed by atoms with Crippen LogP contribution in [0.1, 0.15) is 0 Å². The van der Waals surface area contributed by atoms with Crippen molar-refractivity contribution in [3.63, 3.8) is 0 Å². The first-order chi connectivity index (χ1) is 5.79. The zero-order valence-corrected chi connectivity index (χ0v) is 7.86. The van der Waals surface area contributed by atoms with Crippen LogP contribution in [-0.4, -0.2) is 14.7 Å². The van der Waals surface area contributed by atoms with Crippen molar-refractivity contribution < 1.29 is 12.8 Å². The fourth-order valence-electron chi connectivity index (χ4n) is 0.389. The molecule has 0 aliphatic carbocycles. The molecule has 3 nitrogen and oxygen atoms in total. The van der Waals surface area contributed by atoms with E-state index in [4.69, 9.17) is 5.26 Å². The second-order valence-corrected chi connectivity index (χ2v) is 4.39. The summed E-state index contributed by atoms with van der Waals surface area (Å²) < 4.78 is 34.3. The van der Waals surface area contributed by atoms with Crippen molar-refractivity contribution in [2.24, 2.45) is 0 Å². The van der Waals surface area contributed by atoms with Gasteiger partial charge in [0, 0.05) is 6.26 Å². The molecule has 0 N–H and O–H groups in total. The van der Waals surface area contributed by atoms with Crippen LogP contribution >= 0.6 is 0 Å². The van der Waals surface area contributed by atoms with E-state index in [9.17, 15) is 12.8 Å². The Labute approximate surface area is 76.4 Å². The zero-order valence-electron chi connectivity index (χ0n) is 7.04. The molecule has 0 aromatic rings. The van der Waals surface area contributed by atoms with E-state index in [0.29, 0.717) is 6.08 Å². The molecule has 0 aliphatic heterocycles. The van der Waals surface area contributed by atoms with E-state index in [1.54, 1.807) is 0 Å². The topological polar surface area (TPSA) is 57.9 Å². The average Bonchev–Trinajstić information content (AvgIpc) is 2.01. The summed E-state index contributed by atoms with van der Waals surface area (Å²) in [5, 5.41) is 8.21. The Kier molecular flexibility index (Phi) is 3.57. The van der Waals surface area contributed by atoms with E-state index >= 15 is 0 Å². The number of rotatable bonds is 3. The lowest BCUT2D eigenvalue weighted by molar-refractivity contribution is 0.607. The first-order valence-electron chi connectivity index (χ1n) is 3.14. The van der Waals surface area contributed by atoms with Gasteiger partial charge >= 0.3 is 0 Å². The van der Waals surface area contributed by atoms with Crippen LogP contribution in [0.2, 0.25) is 0 Å². The number of hydrogen-bond acceptors (Lipinski definition) is 3. The maximum Gasteiger partial charge on any atom is 0.175 e. The standard InChI is InChI=1S/C8H8FNO2S/c1-6(5-10)8(9)4-7(2)13(3,11)12/h4H,1-2H2,3H3/b8-4+. The largest absolute Gasteiger partial charge is 0.224 e. The number of nitrogens with zero attached hydrogens (tertiary/aromatic N) is 1. The van der Waals surface area contributed by atoms with E-state index in [2.05, 4.69) is 13.2 Å². The molecule has 0 saturated carbocycles. The minimum absolute atomic E-state index is 0.388. The highest BCUT2D eigenvalue weighted by Gasteiger charge is 2.08. The van der Waals surface area contributed by atoms with Crippen molar-refractivity contribution in [2.75, 3.05) is 6.26 Å². The minimum Gasteiger partial charge on any atom is -0.224 e. The van der Waals surface area contributed by atoms with Gasteiger partial charge in [-0.05, 0) is 6.08 Å². The Morgan fingerprint density at radius 1 is 1.54 bits per heavy atom. The molecule has 0 bridgehead atoms. The number of allylic oxidation sites excluding steroid dienone is 3. The second-order valence-electron chi connectivity index (χ2n) is 2.32. The van der Waals surface area contributed by atoms with Gasteiger partial charge in [0.25, 0.3) is 0 Å². The molecule has 0 aromatic carbocycles. The molecule has 0 unspecified atom stereocenters. The molecule has 0 fully saturated rings. The Hall–Kier alpha value is -1.41. The van der Waals surface area contributed by atoms with Gasteiger partial charge in [-0.3, -0.25) is 0 Å². The predicted octanol–water partition coefficient (Wildman–Crippen LogP) is 1.48. The normalized spacial score (nSPS) is 11.9. The van der Waals surface area contributed by atoms with Crippen LogP contribution in [-0.2, 0) is 9.84 Å². The zero-order chi connectivity index (χ0) is 10.6. The summed E-state index contributed by atoms with van der Waals surface area (Å²) in [5.74, 6) is -0.988. The van der Waals surface area contributed by atoms with E-state index in [0.717, 1.165) is 6.26 Å². The number of nitriles is 1. The van der Waals surface area contributed by atoms with Gasteiger partial charge in [-0.1, -0.05) is 13.2 Å². The quantitative estimate of drug-likeness (QED) is 0.513. The molecule has 0 amide bonds. The third kappa shape index (κ3) is 3.67. The van der Waals surface area contributed by atoms with Crippen molar-refractivity contribution in [2.45, 2.75) is 0 Å². The number of sulfone groups is 1. The minimum atomic E-state index is -3.50. The summed E-state index contributed by atoms with van der Waals surface area (Å²) >= 11 is 0. The first-order valence-corrected chi connectivity index (χ1v) is 5.03. The van der Waals surface area contributed by atoms with Crippen LogP contribution in [0, 0.1) is 11.3 Å². The van der Waals surface area contributed by atoms with Gasteiger partial charge in [0.1, 0.15) is 11.9 Å². The molecule has 0 aromatic heterocycles. The molecule has 5 heteroatoms. The van der Waals surface area contributed by atoms with Crippen LogP contribution in [0.15, 0.2) is 35.5 Å². The van der Waals surface area contributed by atoms with Gasteiger partial charge in [0.15, 0.2) is 9.84 Å². The lowest BCUT2D eigenvalue weighted by atomic mass is 10.3. The van der Waals surface area contributed by atoms with Crippen molar-refractivity contribution in [1.29, 1.82) is 5.26 Å². The van der Waals surface area contributed by atoms with Crippen LogP contribution < -0.4 is 0 Å². The molecule has 0 radical (unpaired) electrons. The predicted molar refractivity (Wildman–Crippen MR) is 47.9 cm³/mol. The van der Waals surface area contributed by atoms with Gasteiger partial charge in [0.05, 0.1) is 10.5 Å². The smallest absolute Gasteiger partial charge is 0.175 e. The fraction of sp³-hybridized carbons (Fsp3) is 0.125. The van der Waals surface area contributed by atoms with Gasteiger partial charge in [-0.25, -0.2) is 12.8 Å². The Morgan fingerprint density at radius 3 is 2.31 bits per heavy atom. The number of hydrogen-bond donors (Lipinski definition) is 0. The first kappa shape index (κ1) is 11.6. The second kappa shape index (κ2) is 4.01. The summed E-state index contributed by atoms with van der Waals surface area (Å²) in [6, 6.07) is 1.45. The van der Waals surface area contributed by atoms with Crippen molar-refractivity contribution >= 4 is 9.84 Å². The maximum absolute atomic E-state index is 12.8. The molecule has 13 heavy (non-hydrogen) atoms. The van der Waals surface area contributed by atoms with Gasteiger partial charge in [-0.2, -0.15) is 5.26 Å². The van der Waals surface area contributed by atoms with E-state index in [1.165, 1.54) is 6.07 Å². The molecule has 0 atom stereocenters. The van der Waals surface area contributed by atoms with Gasteiger partial charge < -0.3 is 0 Å². The molecule has 0 rings (SSSR count). The monoisotopic (exact) mass is 201 g/mol. The Bertz CT molecular complexity index is 412. The molecule has 0 spiro atoms. The Balaban J connectivity index is 4.93. The van der Waals surface area contributed by atoms with Gasteiger partial charge in [-0.15, -0.1) is 0 Å². The SMILES string of the molecule is C=C(C#N)/C(F)=C\C(=C)S(C)(=O)=O. The molecular weight excluding hydrogens is 193 g/mol. The van der Waals surface area contributed by atoms with Crippen molar-refractivity contribution in [3.8, 4) is 6.07 Å². The lowest BCUT2D eigenvalue weighted by Crippen LogP contribution is -1.97. The summed E-state index contributed by atoms with van der Waals surface area (Å²) in [7, 11) is -3.50. The third-order valence-corrected chi connectivity index (χ3v) is 2.26. The fourth-order valence-corrected chi connectivity index (χ4v) is 0.706. The molecule has 0 aliphatic rings. The van der Waals surface area contributed by atoms with Crippen LogP contribution in [0.5, 0.6) is 0 Å². The highest BCUT2D eigenvalue weighted by Crippen LogP contribution is 2.13. The molecule has 0 heterocycles. The maximum atomic E-state index is 12.8. The Morgan fingerprint density at radius 2 is 2.00 bits per heavy atom. The molecule has 70 valence electrons. The molecule has 0 saturated heterocycles. The molecular formula is C8H8FNO2S. The van der Waals surface area contributed by atoms with E-state index in [-0.39, 0.29) is 4.91 Å². The van der Waals surface area contributed by atoms with Gasteiger partial charge in [0.2, 0.25) is 0 Å². The van der Waals surface area contributed by atoms with Crippen LogP contribution in [0.3, 0.4) is 0 Å². The number of halogens is 1. The van der Waals surface area contributed by atoms with E-state index in [1.807, 2.05) is 0 Å². The van der Waals surface area contributed by atoms with Crippen molar-refractivity contribution in [1.82, 2.24) is 0 Å². The highest BCUT2D eigenvalue weighted by atomic mass is 32.2. The average molecular weight is 201 g/mol. The van der Waals surface area contributed by atoms with Crippen LogP contribution in [0.4, 0.5) is 4.39 Å². The summed E-state index contributed by atoms with van der Waals surface area (Å²) in [5.41, 5.74) is -0.426.